The van der Waals surface area contributed by atoms with Crippen molar-refractivity contribution in [2.45, 2.75) is 139 Å². The minimum atomic E-state index is -4.09. The lowest BCUT2D eigenvalue weighted by Crippen LogP contribution is -2.38. The number of carbonyl (C=O) groups excluding carboxylic acids is 3. The number of fused-ring (bicyclic) bond motifs is 2. The van der Waals surface area contributed by atoms with Crippen LogP contribution in [0, 0.1) is 11.8 Å². The molecule has 13 nitrogen and oxygen atoms in total. The molecular formula is C58H75N4O9S4+. The van der Waals surface area contributed by atoms with Gasteiger partial charge in [0.05, 0.1) is 16.9 Å². The summed E-state index contributed by atoms with van der Waals surface area (Å²) in [6.07, 6.45) is 16.0. The minimum absolute atomic E-state index is 0.0836. The summed E-state index contributed by atoms with van der Waals surface area (Å²) in [5.41, 5.74) is 11.4. The van der Waals surface area contributed by atoms with E-state index < -0.39 is 31.1 Å². The van der Waals surface area contributed by atoms with E-state index >= 15 is 0 Å². The summed E-state index contributed by atoms with van der Waals surface area (Å²) in [4.78, 5) is 43.4. The first-order valence-electron chi connectivity index (χ1n) is 26.4. The first-order valence-corrected chi connectivity index (χ1v) is 30.5. The molecule has 3 amide bonds. The SMILES string of the molecule is CC(C)C1CC(=O)N(CCNC(=O)CCCCc2cccc(C3=C(/C=C/C4=[N+](CCCCS(=O)(=O)O)c5ccc(S)cc5C4(C)C)CCC/C3=C/C=C3\N(CCCCS(=O)(=O)O)c4ccc(S)cc4C3(C)C)c2)C1=O. The molecule has 4 aliphatic rings. The Morgan fingerprint density at radius 1 is 0.800 bits per heavy atom. The predicted molar refractivity (Wildman–Crippen MR) is 305 cm³/mol. The van der Waals surface area contributed by atoms with E-state index in [-0.39, 0.29) is 60.6 Å². The van der Waals surface area contributed by atoms with Crippen LogP contribution in [0.15, 0.2) is 112 Å². The predicted octanol–water partition coefficient (Wildman–Crippen LogP) is 10.6. The summed E-state index contributed by atoms with van der Waals surface area (Å²) in [6.45, 7) is 14.2. The van der Waals surface area contributed by atoms with E-state index in [1.165, 1.54) is 16.0 Å². The van der Waals surface area contributed by atoms with Crippen molar-refractivity contribution in [1.82, 2.24) is 10.2 Å². The first-order chi connectivity index (χ1) is 35.4. The highest BCUT2D eigenvalue weighted by molar-refractivity contribution is 7.86. The maximum atomic E-state index is 12.9. The third kappa shape index (κ3) is 14.2. The number of rotatable bonds is 23. The molecule has 3 aromatic rings. The topological polar surface area (TPSA) is 181 Å². The molecule has 1 fully saturated rings. The summed E-state index contributed by atoms with van der Waals surface area (Å²) in [6, 6.07) is 20.9. The number of nitrogens with one attached hydrogen (secondary N) is 1. The number of allylic oxidation sites excluding steroid dienone is 8. The number of aryl methyl sites for hydroxylation is 1. The number of amides is 3. The van der Waals surface area contributed by atoms with Gasteiger partial charge in [-0.05, 0) is 147 Å². The van der Waals surface area contributed by atoms with E-state index in [0.717, 1.165) is 92.5 Å². The number of unbranched alkanes of at least 4 members (excludes halogenated alkanes) is 3. The van der Waals surface area contributed by atoms with E-state index in [0.29, 0.717) is 51.6 Å². The van der Waals surface area contributed by atoms with Gasteiger partial charge >= 0.3 is 0 Å². The van der Waals surface area contributed by atoms with Crippen LogP contribution < -0.4 is 10.2 Å². The van der Waals surface area contributed by atoms with Gasteiger partial charge in [0, 0.05) is 89.1 Å². The zero-order valence-electron chi connectivity index (χ0n) is 44.3. The lowest BCUT2D eigenvalue weighted by Gasteiger charge is -2.28. The molecule has 3 aromatic carbocycles. The van der Waals surface area contributed by atoms with Crippen LogP contribution in [0.25, 0.3) is 5.57 Å². The van der Waals surface area contributed by atoms with Crippen LogP contribution in [0.2, 0.25) is 0 Å². The molecule has 0 saturated carbocycles. The number of benzene rings is 3. The molecule has 7 rings (SSSR count). The maximum Gasteiger partial charge on any atom is 0.264 e. The maximum absolute atomic E-state index is 12.9. The Hall–Kier alpha value is -4.78. The average molecular weight is 1100 g/mol. The second kappa shape index (κ2) is 24.3. The smallest absolute Gasteiger partial charge is 0.264 e. The van der Waals surface area contributed by atoms with E-state index in [2.05, 4.69) is 115 Å². The Morgan fingerprint density at radius 3 is 2.19 bits per heavy atom. The second-order valence-electron chi connectivity index (χ2n) is 21.9. The summed E-state index contributed by atoms with van der Waals surface area (Å²) in [5, 5.41) is 2.90. The van der Waals surface area contributed by atoms with Gasteiger partial charge < -0.3 is 10.2 Å². The fraction of sp³-hybridized carbons (Fsp3) is 0.483. The minimum Gasteiger partial charge on any atom is -0.354 e. The largest absolute Gasteiger partial charge is 0.354 e. The monoisotopic (exact) mass is 1100 g/mol. The van der Waals surface area contributed by atoms with Crippen molar-refractivity contribution in [3.05, 3.63) is 124 Å². The zero-order valence-corrected chi connectivity index (χ0v) is 47.7. The van der Waals surface area contributed by atoms with Crippen molar-refractivity contribution in [3.63, 3.8) is 0 Å². The number of anilines is 1. The molecule has 3 N–H and O–H groups in total. The van der Waals surface area contributed by atoms with Gasteiger partial charge in [0.2, 0.25) is 23.4 Å². The van der Waals surface area contributed by atoms with Crippen LogP contribution in [0.1, 0.15) is 134 Å². The molecule has 0 aromatic heterocycles. The highest BCUT2D eigenvalue weighted by Crippen LogP contribution is 2.49. The van der Waals surface area contributed by atoms with Crippen molar-refractivity contribution in [2.75, 3.05) is 42.6 Å². The number of nitrogens with zero attached hydrogens (tertiary/aromatic N) is 3. The van der Waals surface area contributed by atoms with Crippen molar-refractivity contribution in [2.24, 2.45) is 11.8 Å². The number of likely N-dealkylation sites (tertiary alicyclic amines) is 1. The van der Waals surface area contributed by atoms with Gasteiger partial charge in [-0.15, -0.1) is 25.3 Å². The van der Waals surface area contributed by atoms with Crippen LogP contribution >= 0.6 is 25.3 Å². The molecule has 404 valence electrons. The van der Waals surface area contributed by atoms with Gasteiger partial charge in [0.25, 0.3) is 20.2 Å². The fourth-order valence-corrected chi connectivity index (χ4v) is 12.8. The zero-order chi connectivity index (χ0) is 54.5. The molecule has 1 aliphatic carbocycles. The van der Waals surface area contributed by atoms with Crippen LogP contribution in [-0.2, 0) is 51.9 Å². The molecule has 0 spiro atoms. The number of imide groups is 1. The normalized spacial score (nSPS) is 19.7. The molecule has 75 heavy (non-hydrogen) atoms. The summed E-state index contributed by atoms with van der Waals surface area (Å²) in [7, 11) is -8.18. The van der Waals surface area contributed by atoms with E-state index in [4.69, 9.17) is 25.3 Å². The fourth-order valence-electron chi connectivity index (χ4n) is 11.3. The standard InChI is InChI=1S/C58H74N4O9S4/c1-39(2)46-38-54(64)62(56(46)65)32-29-59-53(63)20-8-7-15-40-16-13-19-43(35-40)55-41(21-27-51-57(3,4)47-36-44(72)23-25-49(47)60(51)30-9-11-33-74(66,67)68)17-14-18-42(55)22-28-52-58(5,6)48-37-45(73)24-26-50(48)61(52)31-10-12-34-75(69,70)71/h13,16,19,21-28,35-37,39,46H,7-12,14-15,17-18,20,29-34,38H2,1-6H3,(H4-,59,63,66,67,68,69,70,71,72,73)/p+1. The highest BCUT2D eigenvalue weighted by Gasteiger charge is 2.45. The Morgan fingerprint density at radius 2 is 1.49 bits per heavy atom. The molecule has 0 radical (unpaired) electrons. The van der Waals surface area contributed by atoms with Gasteiger partial charge in [-0.25, -0.2) is 0 Å². The molecule has 1 unspecified atom stereocenters. The van der Waals surface area contributed by atoms with E-state index in [1.54, 1.807) is 0 Å². The molecule has 1 saturated heterocycles. The first kappa shape index (κ1) is 57.9. The number of hydrogen-bond donors (Lipinski definition) is 5. The van der Waals surface area contributed by atoms with Crippen LogP contribution in [0.5, 0.6) is 0 Å². The molecule has 1 atom stereocenters. The van der Waals surface area contributed by atoms with Crippen molar-refractivity contribution in [3.8, 4) is 0 Å². The number of carbonyl (C=O) groups is 3. The molecule has 17 heteroatoms. The summed E-state index contributed by atoms with van der Waals surface area (Å²) in [5.74, 6) is -1.26. The lowest BCUT2D eigenvalue weighted by molar-refractivity contribution is -0.438. The van der Waals surface area contributed by atoms with Gasteiger partial charge in [0.15, 0.2) is 5.71 Å². The summed E-state index contributed by atoms with van der Waals surface area (Å²) >= 11 is 9.40. The van der Waals surface area contributed by atoms with E-state index in [1.807, 2.05) is 26.0 Å². The molecule has 3 aliphatic heterocycles. The third-order valence-corrected chi connectivity index (χ3v) is 17.5. The highest BCUT2D eigenvalue weighted by atomic mass is 32.2. The Labute approximate surface area is 456 Å². The van der Waals surface area contributed by atoms with Crippen molar-refractivity contribution in [1.29, 1.82) is 0 Å². The molecular weight excluding hydrogens is 1020 g/mol. The van der Waals surface area contributed by atoms with Gasteiger partial charge in [-0.3, -0.25) is 28.4 Å². The van der Waals surface area contributed by atoms with Crippen molar-refractivity contribution < 1.29 is 44.9 Å². The van der Waals surface area contributed by atoms with Gasteiger partial charge in [-0.2, -0.15) is 21.4 Å². The van der Waals surface area contributed by atoms with Crippen LogP contribution in [0.3, 0.4) is 0 Å². The number of thiol groups is 2. The Kier molecular flexibility index (Phi) is 18.7. The Balaban J connectivity index is 1.20. The second-order valence-corrected chi connectivity index (χ2v) is 26.0. The number of hydrogen-bond acceptors (Lipinski definition) is 10. The van der Waals surface area contributed by atoms with Crippen LogP contribution in [-0.4, -0.2) is 96.5 Å². The van der Waals surface area contributed by atoms with Gasteiger partial charge in [0.1, 0.15) is 6.54 Å². The van der Waals surface area contributed by atoms with E-state index in [9.17, 15) is 40.3 Å². The lowest BCUT2D eigenvalue weighted by atomic mass is 9.79. The van der Waals surface area contributed by atoms with Crippen molar-refractivity contribution >= 4 is 85.9 Å². The molecule has 3 heterocycles. The summed E-state index contributed by atoms with van der Waals surface area (Å²) < 4.78 is 67.9. The average Bonchev–Trinajstić information content (AvgIpc) is 3.83. The molecule has 0 bridgehead atoms. The Bertz CT molecular complexity index is 3080. The van der Waals surface area contributed by atoms with Gasteiger partial charge in [-0.1, -0.05) is 64.1 Å². The quantitative estimate of drug-likeness (QED) is 0.0202. The van der Waals surface area contributed by atoms with Crippen LogP contribution in [0.4, 0.5) is 11.4 Å². The third-order valence-electron chi connectivity index (χ3n) is 15.3.